The topological polar surface area (TPSA) is 47.7 Å². The summed E-state index contributed by atoms with van der Waals surface area (Å²) in [5, 5.41) is 2.02. The van der Waals surface area contributed by atoms with Crippen LogP contribution in [0, 0.1) is 0 Å². The van der Waals surface area contributed by atoms with Crippen molar-refractivity contribution in [3.05, 3.63) is 53.7 Å². The van der Waals surface area contributed by atoms with Crippen LogP contribution in [0.2, 0.25) is 0 Å². The van der Waals surface area contributed by atoms with Crippen molar-refractivity contribution >= 4 is 11.3 Å². The van der Waals surface area contributed by atoms with Crippen molar-refractivity contribution in [2.75, 3.05) is 27.3 Å². The van der Waals surface area contributed by atoms with Gasteiger partial charge in [-0.25, -0.2) is 4.98 Å². The third-order valence-electron chi connectivity index (χ3n) is 3.52. The minimum atomic E-state index is 0.610. The van der Waals surface area contributed by atoms with Gasteiger partial charge in [0.05, 0.1) is 17.7 Å². The number of nitrogens with zero attached hydrogens (tertiary/aromatic N) is 2. The normalized spacial score (nSPS) is 11.0. The Morgan fingerprint density at radius 1 is 1.17 bits per heavy atom. The Kier molecular flexibility index (Phi) is 5.51. The fourth-order valence-electron chi connectivity index (χ4n) is 2.24. The van der Waals surface area contributed by atoms with Gasteiger partial charge in [0.25, 0.3) is 0 Å². The number of aromatic nitrogens is 1. The average Bonchev–Trinajstić information content (AvgIpc) is 3.27. The summed E-state index contributed by atoms with van der Waals surface area (Å²) in [6.45, 7) is 2.13. The van der Waals surface area contributed by atoms with Crippen LogP contribution in [0.25, 0.3) is 10.8 Å². The molecule has 3 rings (SSSR count). The lowest BCUT2D eigenvalue weighted by atomic mass is 10.3. The summed E-state index contributed by atoms with van der Waals surface area (Å²) in [5.74, 6) is 2.35. The third kappa shape index (κ3) is 4.37. The van der Waals surface area contributed by atoms with Gasteiger partial charge < -0.3 is 13.9 Å². The van der Waals surface area contributed by atoms with Crippen LogP contribution in [0.3, 0.4) is 0 Å². The lowest BCUT2D eigenvalue weighted by molar-refractivity contribution is 0.231. The fourth-order valence-corrected chi connectivity index (χ4v) is 2.90. The maximum Gasteiger partial charge on any atom is 0.236 e. The van der Waals surface area contributed by atoms with E-state index in [0.29, 0.717) is 12.5 Å². The van der Waals surface area contributed by atoms with Gasteiger partial charge in [-0.15, -0.1) is 11.3 Å². The molecule has 0 N–H and O–H groups in total. The minimum absolute atomic E-state index is 0.610. The van der Waals surface area contributed by atoms with Crippen molar-refractivity contribution in [2.45, 2.75) is 6.54 Å². The van der Waals surface area contributed by atoms with Gasteiger partial charge in [-0.3, -0.25) is 4.90 Å². The number of methoxy groups -OCH3 is 1. The van der Waals surface area contributed by atoms with E-state index < -0.39 is 0 Å². The predicted molar refractivity (Wildman–Crippen MR) is 94.6 cm³/mol. The second-order valence-corrected chi connectivity index (χ2v) is 6.33. The van der Waals surface area contributed by atoms with Gasteiger partial charge in [0.2, 0.25) is 5.89 Å². The highest BCUT2D eigenvalue weighted by Gasteiger charge is 2.09. The van der Waals surface area contributed by atoms with Crippen molar-refractivity contribution in [3.8, 4) is 22.3 Å². The third-order valence-corrected chi connectivity index (χ3v) is 4.37. The van der Waals surface area contributed by atoms with Crippen molar-refractivity contribution in [2.24, 2.45) is 0 Å². The van der Waals surface area contributed by atoms with Gasteiger partial charge in [-0.2, -0.15) is 0 Å². The summed E-state index contributed by atoms with van der Waals surface area (Å²) < 4.78 is 16.4. The van der Waals surface area contributed by atoms with E-state index in [2.05, 4.69) is 9.88 Å². The second-order valence-electron chi connectivity index (χ2n) is 5.38. The van der Waals surface area contributed by atoms with Crippen LogP contribution in [0.1, 0.15) is 5.69 Å². The molecule has 2 heterocycles. The number of likely N-dealkylation sites (N-methyl/N-ethyl adjacent to an activating group) is 1. The lowest BCUT2D eigenvalue weighted by Crippen LogP contribution is -2.24. The van der Waals surface area contributed by atoms with Crippen molar-refractivity contribution in [1.29, 1.82) is 0 Å². The number of thiophene rings is 1. The Morgan fingerprint density at radius 3 is 2.67 bits per heavy atom. The molecule has 0 saturated carbocycles. The first kappa shape index (κ1) is 16.5. The van der Waals surface area contributed by atoms with Gasteiger partial charge in [0.1, 0.15) is 24.4 Å². The van der Waals surface area contributed by atoms with E-state index in [1.165, 1.54) is 0 Å². The van der Waals surface area contributed by atoms with E-state index in [4.69, 9.17) is 13.9 Å². The molecule has 24 heavy (non-hydrogen) atoms. The van der Waals surface area contributed by atoms with E-state index in [0.717, 1.165) is 35.2 Å². The van der Waals surface area contributed by atoms with Crippen LogP contribution in [0.15, 0.2) is 52.5 Å². The van der Waals surface area contributed by atoms with Crippen LogP contribution in [0.5, 0.6) is 11.5 Å². The maximum atomic E-state index is 5.74. The standard InChI is InChI=1S/C18H20N2O3S/c1-20(9-10-22-16-7-5-15(21-2)6-8-16)12-14-13-23-18(19-14)17-4-3-11-24-17/h3-8,11,13H,9-10,12H2,1-2H3. The summed E-state index contributed by atoms with van der Waals surface area (Å²) in [6.07, 6.45) is 1.72. The molecular formula is C18H20N2O3S. The smallest absolute Gasteiger partial charge is 0.236 e. The molecule has 0 aliphatic rings. The molecule has 0 unspecified atom stereocenters. The van der Waals surface area contributed by atoms with Gasteiger partial charge >= 0.3 is 0 Å². The molecule has 0 aliphatic carbocycles. The van der Waals surface area contributed by atoms with Gasteiger partial charge in [-0.1, -0.05) is 6.07 Å². The Labute approximate surface area is 145 Å². The Balaban J connectivity index is 1.44. The Bertz CT molecular complexity index is 738. The van der Waals surface area contributed by atoms with Crippen LogP contribution in [0.4, 0.5) is 0 Å². The largest absolute Gasteiger partial charge is 0.497 e. The van der Waals surface area contributed by atoms with Crippen LogP contribution < -0.4 is 9.47 Å². The first-order chi connectivity index (χ1) is 11.7. The zero-order valence-electron chi connectivity index (χ0n) is 13.8. The number of oxazole rings is 1. The van der Waals surface area contributed by atoms with E-state index in [1.54, 1.807) is 24.7 Å². The number of hydrogen-bond donors (Lipinski definition) is 0. The molecule has 126 valence electrons. The van der Waals surface area contributed by atoms with Crippen molar-refractivity contribution in [1.82, 2.24) is 9.88 Å². The quantitative estimate of drug-likeness (QED) is 0.620. The highest BCUT2D eigenvalue weighted by Crippen LogP contribution is 2.24. The molecule has 0 spiro atoms. The van der Waals surface area contributed by atoms with E-state index in [-0.39, 0.29) is 0 Å². The fraction of sp³-hybridized carbons (Fsp3) is 0.278. The van der Waals surface area contributed by atoms with Gasteiger partial charge in [0.15, 0.2) is 0 Å². The van der Waals surface area contributed by atoms with Crippen LogP contribution in [-0.4, -0.2) is 37.2 Å². The molecule has 0 saturated heterocycles. The molecule has 2 aromatic heterocycles. The second kappa shape index (κ2) is 7.99. The first-order valence-electron chi connectivity index (χ1n) is 7.68. The molecule has 0 atom stereocenters. The highest BCUT2D eigenvalue weighted by atomic mass is 32.1. The monoisotopic (exact) mass is 344 g/mol. The maximum absolute atomic E-state index is 5.74. The van der Waals surface area contributed by atoms with Crippen LogP contribution in [-0.2, 0) is 6.54 Å². The van der Waals surface area contributed by atoms with E-state index in [9.17, 15) is 0 Å². The Hall–Kier alpha value is -2.31. The summed E-state index contributed by atoms with van der Waals surface area (Å²) in [5.41, 5.74) is 0.922. The zero-order chi connectivity index (χ0) is 16.8. The Morgan fingerprint density at radius 2 is 1.96 bits per heavy atom. The van der Waals surface area contributed by atoms with Crippen molar-refractivity contribution < 1.29 is 13.9 Å². The van der Waals surface area contributed by atoms with Crippen molar-refractivity contribution in [3.63, 3.8) is 0 Å². The van der Waals surface area contributed by atoms with E-state index in [1.807, 2.05) is 48.8 Å². The summed E-state index contributed by atoms with van der Waals surface area (Å²) in [4.78, 5) is 7.73. The molecular weight excluding hydrogens is 324 g/mol. The average molecular weight is 344 g/mol. The molecule has 0 fully saturated rings. The number of rotatable bonds is 8. The van der Waals surface area contributed by atoms with Crippen LogP contribution >= 0.6 is 11.3 Å². The minimum Gasteiger partial charge on any atom is -0.497 e. The molecule has 0 bridgehead atoms. The lowest BCUT2D eigenvalue weighted by Gasteiger charge is -2.15. The van der Waals surface area contributed by atoms with E-state index >= 15 is 0 Å². The SMILES string of the molecule is COc1ccc(OCCN(C)Cc2coc(-c3cccs3)n2)cc1. The predicted octanol–water partition coefficient (Wildman–Crippen LogP) is 3.92. The number of hydrogen-bond acceptors (Lipinski definition) is 6. The summed E-state index contributed by atoms with van der Waals surface area (Å²) >= 11 is 1.62. The molecule has 5 nitrogen and oxygen atoms in total. The summed E-state index contributed by atoms with van der Waals surface area (Å²) in [7, 11) is 3.69. The molecule has 0 aliphatic heterocycles. The highest BCUT2D eigenvalue weighted by molar-refractivity contribution is 7.13. The first-order valence-corrected chi connectivity index (χ1v) is 8.56. The number of benzene rings is 1. The molecule has 0 amide bonds. The summed E-state index contributed by atoms with van der Waals surface area (Å²) in [6, 6.07) is 11.6. The van der Waals surface area contributed by atoms with Gasteiger partial charge in [0, 0.05) is 13.1 Å². The molecule has 3 aromatic rings. The zero-order valence-corrected chi connectivity index (χ0v) is 14.6. The molecule has 1 aromatic carbocycles. The number of ether oxygens (including phenoxy) is 2. The van der Waals surface area contributed by atoms with Gasteiger partial charge in [-0.05, 0) is 42.8 Å². The molecule has 6 heteroatoms. The molecule has 0 radical (unpaired) electrons.